The second-order valence-corrected chi connectivity index (χ2v) is 4.72. The van der Waals surface area contributed by atoms with E-state index in [1.54, 1.807) is 20.8 Å². The molecule has 1 N–H and O–H groups in total. The molecule has 0 radical (unpaired) electrons. The summed E-state index contributed by atoms with van der Waals surface area (Å²) >= 11 is 0.757. The number of ether oxygens (including phenoxy) is 1. The number of carbonyl (C=O) groups is 1. The van der Waals surface area contributed by atoms with Crippen LogP contribution in [-0.2, 0) is 9.53 Å². The van der Waals surface area contributed by atoms with Gasteiger partial charge in [0, 0.05) is 0 Å². The minimum atomic E-state index is -2.35. The minimum absolute atomic E-state index is 0.335. The summed E-state index contributed by atoms with van der Waals surface area (Å²) < 4.78 is 18.4. The van der Waals surface area contributed by atoms with Gasteiger partial charge >= 0.3 is 5.97 Å². The van der Waals surface area contributed by atoms with Crippen molar-refractivity contribution in [3.05, 3.63) is 0 Å². The first-order valence-corrected chi connectivity index (χ1v) is 5.48. The largest absolute Gasteiger partial charge is 0.466 e. The van der Waals surface area contributed by atoms with Crippen LogP contribution in [0.25, 0.3) is 0 Å². The maximum atomic E-state index is 14.1. The van der Waals surface area contributed by atoms with Gasteiger partial charge in [-0.05, 0) is 11.7 Å². The molecule has 0 bridgehead atoms. The number of hydrogen-bond acceptors (Lipinski definition) is 4. The van der Waals surface area contributed by atoms with E-state index in [2.05, 4.69) is 4.74 Å². The third kappa shape index (κ3) is 2.85. The molecule has 0 saturated carbocycles. The number of carbonyl (C=O) groups excluding carboxylic acids is 1. The fourth-order valence-electron chi connectivity index (χ4n) is 1.04. The molecule has 84 valence electrons. The van der Waals surface area contributed by atoms with E-state index < -0.39 is 17.1 Å². The van der Waals surface area contributed by atoms with Crippen molar-refractivity contribution in [1.82, 2.24) is 0 Å². The van der Waals surface area contributed by atoms with Crippen molar-refractivity contribution in [1.29, 1.82) is 0 Å². The summed E-state index contributed by atoms with van der Waals surface area (Å²) in [6, 6.07) is 0. The van der Waals surface area contributed by atoms with Crippen LogP contribution in [0, 0.1) is 5.92 Å². The zero-order chi connectivity index (χ0) is 11.4. The molecule has 0 fully saturated rings. The van der Waals surface area contributed by atoms with E-state index in [4.69, 9.17) is 0 Å². The van der Waals surface area contributed by atoms with Crippen molar-refractivity contribution in [2.24, 2.45) is 5.92 Å². The van der Waals surface area contributed by atoms with E-state index >= 15 is 0 Å². The maximum absolute atomic E-state index is 14.1. The van der Waals surface area contributed by atoms with Crippen LogP contribution in [0.4, 0.5) is 4.39 Å². The summed E-state index contributed by atoms with van der Waals surface area (Å²) in [6.45, 7) is 5.02. The first-order valence-electron chi connectivity index (χ1n) is 4.49. The summed E-state index contributed by atoms with van der Waals surface area (Å²) in [7, 11) is 1.11. The van der Waals surface area contributed by atoms with Gasteiger partial charge in [0.1, 0.15) is 6.10 Å². The lowest BCUT2D eigenvalue weighted by Gasteiger charge is -2.29. The Morgan fingerprint density at radius 1 is 1.64 bits per heavy atom. The fourth-order valence-corrected chi connectivity index (χ4v) is 2.11. The first-order chi connectivity index (χ1) is 6.40. The Balaban J connectivity index is 4.78. The quantitative estimate of drug-likeness (QED) is 0.720. The van der Waals surface area contributed by atoms with Gasteiger partial charge in [0.15, 0.2) is 0 Å². The van der Waals surface area contributed by atoms with E-state index in [0.717, 1.165) is 18.9 Å². The van der Waals surface area contributed by atoms with Crippen molar-refractivity contribution in [3.63, 3.8) is 0 Å². The molecular formula is C9H17FO3S. The average Bonchev–Trinajstić information content (AvgIpc) is 2.15. The van der Waals surface area contributed by atoms with Gasteiger partial charge in [-0.25, -0.2) is 9.18 Å². The smallest absolute Gasteiger partial charge is 0.357 e. The van der Waals surface area contributed by atoms with E-state index in [1.807, 2.05) is 0 Å². The Bertz CT molecular complexity index is 198. The molecule has 0 amide bonds. The van der Waals surface area contributed by atoms with E-state index in [1.165, 1.54) is 0 Å². The predicted octanol–water partition coefficient (Wildman–Crippen LogP) is 1.60. The molecule has 0 aromatic rings. The van der Waals surface area contributed by atoms with Crippen LogP contribution < -0.4 is 0 Å². The highest BCUT2D eigenvalue weighted by Crippen LogP contribution is 2.35. The number of alkyl halides is 1. The van der Waals surface area contributed by atoms with Gasteiger partial charge in [-0.15, -0.1) is 11.8 Å². The monoisotopic (exact) mass is 224 g/mol. The van der Waals surface area contributed by atoms with Gasteiger partial charge in [0.05, 0.1) is 7.11 Å². The topological polar surface area (TPSA) is 46.5 Å². The minimum Gasteiger partial charge on any atom is -0.466 e. The summed E-state index contributed by atoms with van der Waals surface area (Å²) in [6.07, 6.45) is -1.35. The molecular weight excluding hydrogens is 207 g/mol. The van der Waals surface area contributed by atoms with Gasteiger partial charge in [0.25, 0.3) is 5.00 Å². The number of halogens is 1. The molecule has 5 heteroatoms. The van der Waals surface area contributed by atoms with Gasteiger partial charge < -0.3 is 9.84 Å². The predicted molar refractivity (Wildman–Crippen MR) is 54.8 cm³/mol. The summed E-state index contributed by atoms with van der Waals surface area (Å²) in [5.41, 5.74) is 0. The Morgan fingerprint density at radius 3 is 2.43 bits per heavy atom. The van der Waals surface area contributed by atoms with Crippen LogP contribution >= 0.6 is 11.8 Å². The van der Waals surface area contributed by atoms with Gasteiger partial charge in [-0.3, -0.25) is 0 Å². The van der Waals surface area contributed by atoms with Crippen LogP contribution in [0.1, 0.15) is 20.8 Å². The highest BCUT2D eigenvalue weighted by Gasteiger charge is 2.48. The SMILES string of the molecule is CCS[C@](F)(C(=O)OC)[C@@H](O)C(C)C. The maximum Gasteiger partial charge on any atom is 0.357 e. The number of esters is 1. The normalized spacial score (nSPS) is 17.6. The lowest BCUT2D eigenvalue weighted by Crippen LogP contribution is -2.46. The molecule has 0 spiro atoms. The molecule has 0 aliphatic carbocycles. The van der Waals surface area contributed by atoms with Gasteiger partial charge in [-0.2, -0.15) is 0 Å². The van der Waals surface area contributed by atoms with Crippen molar-refractivity contribution >= 4 is 17.7 Å². The molecule has 0 heterocycles. The van der Waals surface area contributed by atoms with Crippen molar-refractivity contribution in [3.8, 4) is 0 Å². The van der Waals surface area contributed by atoms with Crippen LogP contribution in [0.5, 0.6) is 0 Å². The van der Waals surface area contributed by atoms with E-state index in [-0.39, 0.29) is 5.92 Å². The van der Waals surface area contributed by atoms with Crippen LogP contribution in [-0.4, -0.2) is 35.0 Å². The standard InChI is InChI=1S/C9H17FO3S/c1-5-14-9(10,8(12)13-4)7(11)6(2)3/h6-7,11H,5H2,1-4H3/t7-,9-/m0/s1. The lowest BCUT2D eigenvalue weighted by molar-refractivity contribution is -0.155. The highest BCUT2D eigenvalue weighted by atomic mass is 32.2. The Kier molecular flexibility index (Phi) is 5.44. The lowest BCUT2D eigenvalue weighted by atomic mass is 10.0. The van der Waals surface area contributed by atoms with Crippen LogP contribution in [0.2, 0.25) is 0 Å². The molecule has 2 atom stereocenters. The molecule has 0 aromatic carbocycles. The Hall–Kier alpha value is -0.290. The highest BCUT2D eigenvalue weighted by molar-refractivity contribution is 8.01. The zero-order valence-corrected chi connectivity index (χ0v) is 9.73. The number of aliphatic hydroxyl groups is 1. The Morgan fingerprint density at radius 2 is 2.14 bits per heavy atom. The number of aliphatic hydroxyl groups excluding tert-OH is 1. The van der Waals surface area contributed by atoms with Gasteiger partial charge in [0.2, 0.25) is 0 Å². The second kappa shape index (κ2) is 5.56. The third-order valence-electron chi connectivity index (χ3n) is 1.83. The average molecular weight is 224 g/mol. The molecule has 0 rings (SSSR count). The van der Waals surface area contributed by atoms with Crippen LogP contribution in [0.3, 0.4) is 0 Å². The molecule has 14 heavy (non-hydrogen) atoms. The van der Waals surface area contributed by atoms with E-state index in [9.17, 15) is 14.3 Å². The van der Waals surface area contributed by atoms with Crippen molar-refractivity contribution in [2.45, 2.75) is 31.9 Å². The molecule has 0 saturated heterocycles. The third-order valence-corrected chi connectivity index (χ3v) is 2.95. The number of methoxy groups -OCH3 is 1. The number of thioether (sulfide) groups is 1. The zero-order valence-electron chi connectivity index (χ0n) is 8.91. The molecule has 3 nitrogen and oxygen atoms in total. The summed E-state index contributed by atoms with van der Waals surface area (Å²) in [5.74, 6) is -0.959. The molecule has 0 unspecified atom stereocenters. The summed E-state index contributed by atoms with van der Waals surface area (Å²) in [4.78, 5) is 11.2. The molecule has 0 aliphatic rings. The number of rotatable bonds is 5. The fraction of sp³-hybridized carbons (Fsp3) is 0.889. The first kappa shape index (κ1) is 13.7. The van der Waals surface area contributed by atoms with Gasteiger partial charge in [-0.1, -0.05) is 20.8 Å². The molecule has 0 aliphatic heterocycles. The summed E-state index contributed by atoms with van der Waals surface area (Å²) in [5, 5.41) is 7.23. The van der Waals surface area contributed by atoms with Crippen molar-refractivity contribution in [2.75, 3.05) is 12.9 Å². The molecule has 0 aromatic heterocycles. The Labute approximate surface area is 88.0 Å². The second-order valence-electron chi connectivity index (χ2n) is 3.26. The van der Waals surface area contributed by atoms with Crippen molar-refractivity contribution < 1.29 is 19.0 Å². The number of hydrogen-bond donors (Lipinski definition) is 1. The van der Waals surface area contributed by atoms with Crippen LogP contribution in [0.15, 0.2) is 0 Å². The van der Waals surface area contributed by atoms with E-state index in [0.29, 0.717) is 5.75 Å².